The summed E-state index contributed by atoms with van der Waals surface area (Å²) in [4.78, 5) is 19.8. The Labute approximate surface area is 142 Å². The molecule has 1 aromatic heterocycles. The second-order valence-electron chi connectivity index (χ2n) is 5.42. The van der Waals surface area contributed by atoms with E-state index in [1.54, 1.807) is 36.5 Å². The first-order chi connectivity index (χ1) is 10.3. The fourth-order valence-electron chi connectivity index (χ4n) is 1.52. The molecule has 0 saturated carbocycles. The van der Waals surface area contributed by atoms with Crippen molar-refractivity contribution in [2.75, 3.05) is 5.32 Å². The van der Waals surface area contributed by atoms with E-state index in [2.05, 4.69) is 15.3 Å². The third-order valence-corrected chi connectivity index (χ3v) is 2.84. The van der Waals surface area contributed by atoms with E-state index in [9.17, 15) is 4.79 Å². The molecule has 2 rings (SSSR count). The summed E-state index contributed by atoms with van der Waals surface area (Å²) in [5.41, 5.74) is 0.0935. The largest absolute Gasteiger partial charge is 0.444 e. The summed E-state index contributed by atoms with van der Waals surface area (Å²) in [5, 5.41) is 2.66. The molecule has 6 nitrogen and oxygen atoms in total. The highest BCUT2D eigenvalue weighted by atomic mass is 127. The molecule has 1 N–H and O–H groups in total. The van der Waals surface area contributed by atoms with Crippen LogP contribution in [-0.2, 0) is 4.74 Å². The zero-order valence-corrected chi connectivity index (χ0v) is 14.6. The van der Waals surface area contributed by atoms with Crippen molar-refractivity contribution in [3.8, 4) is 11.6 Å². The smallest absolute Gasteiger partial charge is 0.412 e. The van der Waals surface area contributed by atoms with Crippen LogP contribution in [0.4, 0.5) is 10.5 Å². The van der Waals surface area contributed by atoms with Gasteiger partial charge in [0.1, 0.15) is 11.4 Å². The van der Waals surface area contributed by atoms with Crippen LogP contribution < -0.4 is 10.1 Å². The lowest BCUT2D eigenvalue weighted by Crippen LogP contribution is -2.27. The Morgan fingerprint density at radius 2 is 1.86 bits per heavy atom. The molecule has 1 heterocycles. The molecule has 2 aromatic rings. The first-order valence-electron chi connectivity index (χ1n) is 6.58. The summed E-state index contributed by atoms with van der Waals surface area (Å²) in [7, 11) is 0. The maximum Gasteiger partial charge on any atom is 0.412 e. The number of hydrogen-bond acceptors (Lipinski definition) is 5. The lowest BCUT2D eigenvalue weighted by molar-refractivity contribution is 0.0636. The summed E-state index contributed by atoms with van der Waals surface area (Å²) < 4.78 is 11.4. The van der Waals surface area contributed by atoms with E-state index >= 15 is 0 Å². The number of nitrogens with one attached hydrogen (secondary N) is 1. The van der Waals surface area contributed by atoms with Gasteiger partial charge in [0.25, 0.3) is 0 Å². The molecule has 0 atom stereocenters. The van der Waals surface area contributed by atoms with Crippen molar-refractivity contribution in [1.82, 2.24) is 9.97 Å². The van der Waals surface area contributed by atoms with Crippen LogP contribution >= 0.6 is 22.6 Å². The molecule has 0 bridgehead atoms. The zero-order chi connectivity index (χ0) is 16.2. The van der Waals surface area contributed by atoms with Gasteiger partial charge in [-0.2, -0.15) is 4.98 Å². The average Bonchev–Trinajstić information content (AvgIpc) is 2.39. The predicted octanol–water partition coefficient (Wildman–Crippen LogP) is 4.22. The second-order valence-corrected chi connectivity index (χ2v) is 6.38. The molecule has 0 radical (unpaired) electrons. The molecule has 0 aliphatic rings. The molecule has 0 aliphatic carbocycles. The molecule has 0 spiro atoms. The Morgan fingerprint density at radius 3 is 2.45 bits per heavy atom. The van der Waals surface area contributed by atoms with Gasteiger partial charge in [-0.1, -0.05) is 0 Å². The van der Waals surface area contributed by atoms with E-state index in [0.29, 0.717) is 21.1 Å². The number of hydrogen-bond donors (Lipinski definition) is 1. The van der Waals surface area contributed by atoms with E-state index in [4.69, 9.17) is 9.47 Å². The topological polar surface area (TPSA) is 73.3 Å². The van der Waals surface area contributed by atoms with Crippen LogP contribution in [0.1, 0.15) is 20.8 Å². The highest BCUT2D eigenvalue weighted by Crippen LogP contribution is 2.22. The van der Waals surface area contributed by atoms with Crippen LogP contribution in [0.5, 0.6) is 11.6 Å². The third kappa shape index (κ3) is 5.47. The Morgan fingerprint density at radius 1 is 1.18 bits per heavy atom. The van der Waals surface area contributed by atoms with Gasteiger partial charge >= 0.3 is 6.09 Å². The number of amides is 1. The van der Waals surface area contributed by atoms with Crippen LogP contribution in [0.15, 0.2) is 36.5 Å². The summed E-state index contributed by atoms with van der Waals surface area (Å²) in [6, 6.07) is 8.61. The maximum absolute atomic E-state index is 11.7. The standard InChI is InChI=1S/C15H16IN3O3/c1-15(2,3)22-14(20)18-10-4-6-11(7-5-10)21-12-8-9-17-13(16)19-12/h4-9H,1-3H3,(H,18,20). The number of carbonyl (C=O) groups excluding carboxylic acids is 1. The molecular weight excluding hydrogens is 397 g/mol. The van der Waals surface area contributed by atoms with Crippen molar-refractivity contribution in [1.29, 1.82) is 0 Å². The number of carbonyl (C=O) groups is 1. The average molecular weight is 413 g/mol. The Hall–Kier alpha value is -1.90. The lowest BCUT2D eigenvalue weighted by Gasteiger charge is -2.19. The molecule has 1 amide bonds. The summed E-state index contributed by atoms with van der Waals surface area (Å²) >= 11 is 2.01. The summed E-state index contributed by atoms with van der Waals surface area (Å²) in [5.74, 6) is 1.08. The number of nitrogens with zero attached hydrogens (tertiary/aromatic N) is 2. The number of aromatic nitrogens is 2. The molecule has 0 fully saturated rings. The SMILES string of the molecule is CC(C)(C)OC(=O)Nc1ccc(Oc2ccnc(I)n2)cc1. The molecule has 1 aromatic carbocycles. The van der Waals surface area contributed by atoms with Gasteiger partial charge in [-0.05, 0) is 45.0 Å². The summed E-state index contributed by atoms with van der Waals surface area (Å²) in [6.45, 7) is 5.44. The Kier molecular flexibility index (Phi) is 5.17. The summed E-state index contributed by atoms with van der Waals surface area (Å²) in [6.07, 6.45) is 1.13. The van der Waals surface area contributed by atoms with E-state index in [0.717, 1.165) is 0 Å². The van der Waals surface area contributed by atoms with Gasteiger partial charge in [-0.25, -0.2) is 9.78 Å². The molecule has 0 aliphatic heterocycles. The first-order valence-corrected chi connectivity index (χ1v) is 7.66. The van der Waals surface area contributed by atoms with Crippen molar-refractivity contribution < 1.29 is 14.3 Å². The van der Waals surface area contributed by atoms with Crippen LogP contribution in [-0.4, -0.2) is 21.7 Å². The third-order valence-electron chi connectivity index (χ3n) is 2.32. The van der Waals surface area contributed by atoms with E-state index in [1.165, 1.54) is 0 Å². The molecule has 0 unspecified atom stereocenters. The fraction of sp³-hybridized carbons (Fsp3) is 0.267. The van der Waals surface area contributed by atoms with Crippen molar-refractivity contribution in [3.05, 3.63) is 40.4 Å². The van der Waals surface area contributed by atoms with Gasteiger partial charge in [0.15, 0.2) is 3.83 Å². The molecule has 7 heteroatoms. The van der Waals surface area contributed by atoms with Gasteiger partial charge < -0.3 is 9.47 Å². The molecule has 0 saturated heterocycles. The lowest BCUT2D eigenvalue weighted by atomic mass is 10.2. The van der Waals surface area contributed by atoms with Crippen LogP contribution in [0.2, 0.25) is 0 Å². The zero-order valence-electron chi connectivity index (χ0n) is 12.5. The minimum atomic E-state index is -0.530. The van der Waals surface area contributed by atoms with E-state index < -0.39 is 11.7 Å². The highest BCUT2D eigenvalue weighted by Gasteiger charge is 2.16. The van der Waals surface area contributed by atoms with Crippen molar-refractivity contribution in [2.24, 2.45) is 0 Å². The van der Waals surface area contributed by atoms with Gasteiger partial charge in [-0.3, -0.25) is 5.32 Å². The van der Waals surface area contributed by atoms with Gasteiger partial charge in [0.2, 0.25) is 5.88 Å². The monoisotopic (exact) mass is 413 g/mol. The first kappa shape index (κ1) is 16.5. The van der Waals surface area contributed by atoms with Crippen molar-refractivity contribution >= 4 is 34.4 Å². The minimum absolute atomic E-state index is 0.465. The number of rotatable bonds is 3. The molecule has 116 valence electrons. The predicted molar refractivity (Wildman–Crippen MR) is 91.1 cm³/mol. The quantitative estimate of drug-likeness (QED) is 0.603. The van der Waals surface area contributed by atoms with Gasteiger partial charge in [0, 0.05) is 40.5 Å². The maximum atomic E-state index is 11.7. The van der Waals surface area contributed by atoms with Crippen molar-refractivity contribution in [2.45, 2.75) is 26.4 Å². The van der Waals surface area contributed by atoms with E-state index in [1.807, 2.05) is 43.4 Å². The Bertz CT molecular complexity index is 654. The number of halogens is 1. The minimum Gasteiger partial charge on any atom is -0.444 e. The number of ether oxygens (including phenoxy) is 2. The van der Waals surface area contributed by atoms with Crippen LogP contribution in [0.3, 0.4) is 0 Å². The Balaban J connectivity index is 1.97. The molecular formula is C15H16IN3O3. The fourth-order valence-corrected chi connectivity index (χ4v) is 1.92. The molecule has 22 heavy (non-hydrogen) atoms. The second kappa shape index (κ2) is 6.91. The number of anilines is 1. The normalized spacial score (nSPS) is 10.9. The van der Waals surface area contributed by atoms with Crippen molar-refractivity contribution in [3.63, 3.8) is 0 Å². The van der Waals surface area contributed by atoms with Gasteiger partial charge in [-0.15, -0.1) is 0 Å². The van der Waals surface area contributed by atoms with Crippen LogP contribution in [0, 0.1) is 3.83 Å². The highest BCUT2D eigenvalue weighted by molar-refractivity contribution is 14.1. The van der Waals surface area contributed by atoms with Gasteiger partial charge in [0.05, 0.1) is 0 Å². The van der Waals surface area contributed by atoms with Crippen LogP contribution in [0.25, 0.3) is 0 Å². The number of benzene rings is 1. The van der Waals surface area contributed by atoms with E-state index in [-0.39, 0.29) is 0 Å².